The van der Waals surface area contributed by atoms with Gasteiger partial charge in [0.25, 0.3) is 0 Å². The van der Waals surface area contributed by atoms with Crippen molar-refractivity contribution in [2.75, 3.05) is 5.32 Å². The number of nitrogens with zero attached hydrogens (tertiary/aromatic N) is 2. The number of rotatable bonds is 2. The second-order valence-corrected chi connectivity index (χ2v) is 2.59. The molecular formula is C10H6FN3O. The zero-order valence-corrected chi connectivity index (χ0v) is 7.53. The molecule has 0 atom stereocenters. The monoisotopic (exact) mass is 203 g/mol. The summed E-state index contributed by atoms with van der Waals surface area (Å²) in [7, 11) is 0. The highest BCUT2D eigenvalue weighted by Gasteiger charge is 2.00. The van der Waals surface area contributed by atoms with E-state index in [1.165, 1.54) is 12.1 Å². The van der Waals surface area contributed by atoms with Gasteiger partial charge in [0.2, 0.25) is 0 Å². The van der Waals surface area contributed by atoms with Crippen molar-refractivity contribution in [2.45, 2.75) is 0 Å². The third kappa shape index (κ3) is 2.71. The summed E-state index contributed by atoms with van der Waals surface area (Å²) in [6, 6.07) is 6.93. The average Bonchev–Trinajstić information content (AvgIpc) is 2.24. The number of halogens is 1. The van der Waals surface area contributed by atoms with Crippen LogP contribution < -0.4 is 5.32 Å². The summed E-state index contributed by atoms with van der Waals surface area (Å²) >= 11 is 0. The van der Waals surface area contributed by atoms with Crippen LogP contribution in [0.1, 0.15) is 0 Å². The first-order valence-corrected chi connectivity index (χ1v) is 3.93. The van der Waals surface area contributed by atoms with E-state index in [0.717, 1.165) is 12.3 Å². The van der Waals surface area contributed by atoms with Gasteiger partial charge in [0.15, 0.2) is 11.6 Å². The summed E-state index contributed by atoms with van der Waals surface area (Å²) in [6.45, 7) is 0. The smallest absolute Gasteiger partial charge is 0.166 e. The van der Waals surface area contributed by atoms with Gasteiger partial charge in [-0.3, -0.25) is 0 Å². The lowest BCUT2D eigenvalue weighted by molar-refractivity contribution is 0.432. The lowest BCUT2D eigenvalue weighted by Gasteiger charge is -2.01. The molecule has 1 aromatic carbocycles. The average molecular weight is 203 g/mol. The molecule has 74 valence electrons. The first kappa shape index (κ1) is 10.6. The fourth-order valence-electron chi connectivity index (χ4n) is 0.842. The molecule has 0 aromatic heterocycles. The SMILES string of the molecule is N#CC(C#N)=CNc1ccc(O)c(F)c1. The van der Waals surface area contributed by atoms with E-state index in [2.05, 4.69) is 5.32 Å². The fourth-order valence-corrected chi connectivity index (χ4v) is 0.842. The van der Waals surface area contributed by atoms with Crippen molar-refractivity contribution in [1.82, 2.24) is 0 Å². The van der Waals surface area contributed by atoms with Crippen molar-refractivity contribution in [3.63, 3.8) is 0 Å². The van der Waals surface area contributed by atoms with Gasteiger partial charge in [-0.2, -0.15) is 10.5 Å². The van der Waals surface area contributed by atoms with Crippen molar-refractivity contribution < 1.29 is 9.50 Å². The highest BCUT2D eigenvalue weighted by atomic mass is 19.1. The molecule has 5 heteroatoms. The van der Waals surface area contributed by atoms with Gasteiger partial charge < -0.3 is 10.4 Å². The van der Waals surface area contributed by atoms with E-state index in [1.54, 1.807) is 12.1 Å². The van der Waals surface area contributed by atoms with Crippen LogP contribution in [-0.4, -0.2) is 5.11 Å². The maximum Gasteiger partial charge on any atom is 0.166 e. The van der Waals surface area contributed by atoms with Crippen molar-refractivity contribution in [3.05, 3.63) is 35.8 Å². The van der Waals surface area contributed by atoms with Crippen molar-refractivity contribution in [2.24, 2.45) is 0 Å². The van der Waals surface area contributed by atoms with Gasteiger partial charge in [0, 0.05) is 18.0 Å². The Morgan fingerprint density at radius 3 is 2.60 bits per heavy atom. The lowest BCUT2D eigenvalue weighted by Crippen LogP contribution is -1.90. The molecule has 0 unspecified atom stereocenters. The molecule has 0 aliphatic carbocycles. The standard InChI is InChI=1S/C10H6FN3O/c11-9-3-8(1-2-10(9)15)14-6-7(4-12)5-13/h1-3,6,14-15H. The Labute approximate surface area is 85.5 Å². The first-order chi connectivity index (χ1) is 7.17. The summed E-state index contributed by atoms with van der Waals surface area (Å²) in [5.74, 6) is -1.23. The summed E-state index contributed by atoms with van der Waals surface area (Å²) < 4.78 is 12.8. The molecule has 0 heterocycles. The predicted octanol–water partition coefficient (Wildman–Crippen LogP) is 1.87. The molecule has 0 aliphatic heterocycles. The largest absolute Gasteiger partial charge is 0.505 e. The molecule has 0 aliphatic rings. The number of nitriles is 2. The number of hydrogen-bond acceptors (Lipinski definition) is 4. The van der Waals surface area contributed by atoms with Crippen LogP contribution in [0.15, 0.2) is 30.0 Å². The van der Waals surface area contributed by atoms with Gasteiger partial charge in [0.1, 0.15) is 17.7 Å². The number of aromatic hydroxyl groups is 1. The molecule has 2 N–H and O–H groups in total. The maximum atomic E-state index is 12.8. The van der Waals surface area contributed by atoms with Crippen LogP contribution >= 0.6 is 0 Å². The molecule has 1 rings (SSSR count). The minimum atomic E-state index is -0.774. The van der Waals surface area contributed by atoms with Gasteiger partial charge >= 0.3 is 0 Å². The second kappa shape index (κ2) is 4.64. The molecule has 0 saturated heterocycles. The summed E-state index contributed by atoms with van der Waals surface area (Å²) in [5.41, 5.74) is 0.219. The van der Waals surface area contributed by atoms with Crippen LogP contribution in [0.5, 0.6) is 5.75 Å². The zero-order valence-electron chi connectivity index (χ0n) is 7.53. The maximum absolute atomic E-state index is 12.8. The van der Waals surface area contributed by atoms with Gasteiger partial charge in [0.05, 0.1) is 0 Å². The Morgan fingerprint density at radius 1 is 1.40 bits per heavy atom. The van der Waals surface area contributed by atoms with Crippen molar-refractivity contribution in [3.8, 4) is 17.9 Å². The number of phenolic OH excluding ortho intramolecular Hbond substituents is 1. The van der Waals surface area contributed by atoms with Crippen LogP contribution in [0.25, 0.3) is 0 Å². The number of nitrogens with one attached hydrogen (secondary N) is 1. The van der Waals surface area contributed by atoms with Crippen molar-refractivity contribution in [1.29, 1.82) is 10.5 Å². The van der Waals surface area contributed by atoms with E-state index in [9.17, 15) is 4.39 Å². The van der Waals surface area contributed by atoms with E-state index >= 15 is 0 Å². The van der Waals surface area contributed by atoms with Gasteiger partial charge in [-0.15, -0.1) is 0 Å². The third-order valence-corrected chi connectivity index (χ3v) is 1.57. The second-order valence-electron chi connectivity index (χ2n) is 2.59. The number of allylic oxidation sites excluding steroid dienone is 1. The fraction of sp³-hybridized carbons (Fsp3) is 0. The van der Waals surface area contributed by atoms with Crippen molar-refractivity contribution >= 4 is 5.69 Å². The number of benzene rings is 1. The lowest BCUT2D eigenvalue weighted by atomic mass is 10.3. The highest BCUT2D eigenvalue weighted by molar-refractivity contribution is 5.51. The van der Waals surface area contributed by atoms with E-state index in [0.29, 0.717) is 5.69 Å². The minimum Gasteiger partial charge on any atom is -0.505 e. The molecule has 0 saturated carbocycles. The molecule has 15 heavy (non-hydrogen) atoms. The van der Waals surface area contributed by atoms with Crippen LogP contribution in [-0.2, 0) is 0 Å². The van der Waals surface area contributed by atoms with E-state index in [4.69, 9.17) is 15.6 Å². The molecular weight excluding hydrogens is 197 g/mol. The summed E-state index contributed by atoms with van der Waals surface area (Å²) in [4.78, 5) is 0. The van der Waals surface area contributed by atoms with Gasteiger partial charge in [-0.25, -0.2) is 4.39 Å². The molecule has 0 radical (unpaired) electrons. The Kier molecular flexibility index (Phi) is 3.26. The van der Waals surface area contributed by atoms with E-state index in [1.807, 2.05) is 0 Å². The Balaban J connectivity index is 2.84. The summed E-state index contributed by atoms with van der Waals surface area (Å²) in [5, 5.41) is 28.3. The van der Waals surface area contributed by atoms with Crippen LogP contribution in [0.4, 0.5) is 10.1 Å². The van der Waals surface area contributed by atoms with Crippen LogP contribution in [0.2, 0.25) is 0 Å². The molecule has 1 aromatic rings. The predicted molar refractivity (Wildman–Crippen MR) is 51.0 cm³/mol. The molecule has 0 bridgehead atoms. The number of hydrogen-bond donors (Lipinski definition) is 2. The molecule has 0 fully saturated rings. The molecule has 4 nitrogen and oxygen atoms in total. The third-order valence-electron chi connectivity index (χ3n) is 1.57. The highest BCUT2D eigenvalue weighted by Crippen LogP contribution is 2.19. The Hall–Kier alpha value is -2.53. The molecule has 0 amide bonds. The van der Waals surface area contributed by atoms with Gasteiger partial charge in [-0.1, -0.05) is 0 Å². The number of phenols is 1. The van der Waals surface area contributed by atoms with E-state index in [-0.39, 0.29) is 5.57 Å². The normalized spacial score (nSPS) is 8.47. The Morgan fingerprint density at radius 2 is 2.07 bits per heavy atom. The topological polar surface area (TPSA) is 79.8 Å². The van der Waals surface area contributed by atoms with Crippen LogP contribution in [0.3, 0.4) is 0 Å². The zero-order chi connectivity index (χ0) is 11.3. The summed E-state index contributed by atoms with van der Waals surface area (Å²) in [6.07, 6.45) is 1.16. The van der Waals surface area contributed by atoms with Crippen LogP contribution in [0, 0.1) is 28.5 Å². The van der Waals surface area contributed by atoms with E-state index < -0.39 is 11.6 Å². The Bertz CT molecular complexity index is 466. The van der Waals surface area contributed by atoms with Gasteiger partial charge in [-0.05, 0) is 12.1 Å². The quantitative estimate of drug-likeness (QED) is 0.568. The number of anilines is 1. The first-order valence-electron chi connectivity index (χ1n) is 3.93. The minimum absolute atomic E-state index is 0.122. The molecule has 0 spiro atoms.